The largest absolute Gasteiger partial charge is 0.496 e. The molecule has 0 atom stereocenters. The van der Waals surface area contributed by atoms with Crippen molar-refractivity contribution in [3.8, 4) is 5.75 Å². The number of hydrogen-bond donors (Lipinski definition) is 1. The third-order valence-corrected chi connectivity index (χ3v) is 5.01. The van der Waals surface area contributed by atoms with Gasteiger partial charge >= 0.3 is 6.18 Å². The Morgan fingerprint density at radius 1 is 1.04 bits per heavy atom. The molecule has 1 N–H and O–H groups in total. The minimum atomic E-state index is -4.21. The lowest BCUT2D eigenvalue weighted by Crippen LogP contribution is -2.41. The van der Waals surface area contributed by atoms with Crippen molar-refractivity contribution in [3.05, 3.63) is 59.7 Å². The van der Waals surface area contributed by atoms with Crippen LogP contribution in [0, 0.1) is 0 Å². The first kappa shape index (κ1) is 17.6. The van der Waals surface area contributed by atoms with Crippen LogP contribution >= 0.6 is 0 Å². The number of rotatable bonds is 6. The van der Waals surface area contributed by atoms with E-state index in [9.17, 15) is 13.2 Å². The summed E-state index contributed by atoms with van der Waals surface area (Å²) in [6, 6.07) is 14.6. The number of hydrogen-bond acceptors (Lipinski definition) is 2. The number of halogens is 3. The van der Waals surface area contributed by atoms with Gasteiger partial charge < -0.3 is 10.1 Å². The molecule has 1 saturated carbocycles. The molecule has 5 heteroatoms. The summed E-state index contributed by atoms with van der Waals surface area (Å²) >= 11 is 0. The second kappa shape index (κ2) is 6.98. The van der Waals surface area contributed by atoms with Crippen LogP contribution in [0.1, 0.15) is 30.4 Å². The highest BCUT2D eigenvalue weighted by Gasteiger charge is 2.40. The van der Waals surface area contributed by atoms with Crippen molar-refractivity contribution in [1.29, 1.82) is 0 Å². The molecule has 0 saturated heterocycles. The van der Waals surface area contributed by atoms with Crippen LogP contribution in [0.3, 0.4) is 0 Å². The highest BCUT2D eigenvalue weighted by molar-refractivity contribution is 5.53. The second-order valence-electron chi connectivity index (χ2n) is 6.64. The van der Waals surface area contributed by atoms with Gasteiger partial charge in [0, 0.05) is 23.2 Å². The standard InChI is InChI=1S/C20H22F3NO/c1-25-18-10-5-3-8-16(18)19(11-6-12-19)14-24-17-9-4-2-7-15(17)13-20(21,22)23/h2-5,7-10,24H,6,11-14H2,1H3. The van der Waals surface area contributed by atoms with E-state index in [0.717, 1.165) is 30.6 Å². The third-order valence-electron chi connectivity index (χ3n) is 5.01. The van der Waals surface area contributed by atoms with Crippen molar-refractivity contribution in [2.45, 2.75) is 37.3 Å². The van der Waals surface area contributed by atoms with Gasteiger partial charge in [-0.15, -0.1) is 0 Å². The maximum atomic E-state index is 12.8. The van der Waals surface area contributed by atoms with Crippen molar-refractivity contribution < 1.29 is 17.9 Å². The Bertz CT molecular complexity index is 723. The van der Waals surface area contributed by atoms with Crippen molar-refractivity contribution in [1.82, 2.24) is 0 Å². The van der Waals surface area contributed by atoms with Gasteiger partial charge in [0.1, 0.15) is 5.75 Å². The lowest BCUT2D eigenvalue weighted by molar-refractivity contribution is -0.127. The molecular formula is C20H22F3NO. The van der Waals surface area contributed by atoms with E-state index in [1.165, 1.54) is 6.07 Å². The molecule has 25 heavy (non-hydrogen) atoms. The molecule has 2 aromatic carbocycles. The van der Waals surface area contributed by atoms with Crippen LogP contribution in [-0.4, -0.2) is 19.8 Å². The summed E-state index contributed by atoms with van der Waals surface area (Å²) in [5, 5.41) is 3.27. The maximum absolute atomic E-state index is 12.8. The molecule has 0 amide bonds. The molecule has 0 spiro atoms. The van der Waals surface area contributed by atoms with Gasteiger partial charge in [-0.3, -0.25) is 0 Å². The number of para-hydroxylation sites is 2. The third kappa shape index (κ3) is 3.91. The molecule has 3 rings (SSSR count). The monoisotopic (exact) mass is 349 g/mol. The summed E-state index contributed by atoms with van der Waals surface area (Å²) in [4.78, 5) is 0. The van der Waals surface area contributed by atoms with E-state index < -0.39 is 12.6 Å². The topological polar surface area (TPSA) is 21.3 Å². The minimum Gasteiger partial charge on any atom is -0.496 e. The van der Waals surface area contributed by atoms with E-state index >= 15 is 0 Å². The Morgan fingerprint density at radius 3 is 2.36 bits per heavy atom. The zero-order valence-electron chi connectivity index (χ0n) is 14.2. The van der Waals surface area contributed by atoms with E-state index in [1.54, 1.807) is 25.3 Å². The predicted octanol–water partition coefficient (Wildman–Crippen LogP) is 5.33. The fourth-order valence-electron chi connectivity index (χ4n) is 3.55. The number of ether oxygens (including phenoxy) is 1. The Kier molecular flexibility index (Phi) is 4.93. The smallest absolute Gasteiger partial charge is 0.393 e. The average Bonchev–Trinajstić information content (AvgIpc) is 2.54. The van der Waals surface area contributed by atoms with Crippen LogP contribution in [0.4, 0.5) is 18.9 Å². The molecule has 2 nitrogen and oxygen atoms in total. The van der Waals surface area contributed by atoms with E-state index in [2.05, 4.69) is 11.4 Å². The van der Waals surface area contributed by atoms with Gasteiger partial charge in [0.15, 0.2) is 0 Å². The Hall–Kier alpha value is -2.17. The lowest BCUT2D eigenvalue weighted by atomic mass is 9.64. The van der Waals surface area contributed by atoms with Crippen molar-refractivity contribution in [3.63, 3.8) is 0 Å². The van der Waals surface area contributed by atoms with Crippen molar-refractivity contribution >= 4 is 5.69 Å². The summed E-state index contributed by atoms with van der Waals surface area (Å²) in [6.07, 6.45) is -2.01. The van der Waals surface area contributed by atoms with E-state index in [-0.39, 0.29) is 11.0 Å². The zero-order valence-corrected chi connectivity index (χ0v) is 14.2. The van der Waals surface area contributed by atoms with Crippen LogP contribution in [0.15, 0.2) is 48.5 Å². The average molecular weight is 349 g/mol. The van der Waals surface area contributed by atoms with Gasteiger partial charge in [-0.1, -0.05) is 42.8 Å². The lowest BCUT2D eigenvalue weighted by Gasteiger charge is -2.43. The first-order valence-electron chi connectivity index (χ1n) is 8.46. The van der Waals surface area contributed by atoms with Crippen LogP contribution in [0.2, 0.25) is 0 Å². The number of benzene rings is 2. The normalized spacial score (nSPS) is 16.2. The highest BCUT2D eigenvalue weighted by Crippen LogP contribution is 2.47. The fraction of sp³-hybridized carbons (Fsp3) is 0.400. The summed E-state index contributed by atoms with van der Waals surface area (Å²) < 4.78 is 43.9. The molecule has 2 aromatic rings. The van der Waals surface area contributed by atoms with Crippen LogP contribution in [0.5, 0.6) is 5.75 Å². The molecule has 1 fully saturated rings. The SMILES string of the molecule is COc1ccccc1C1(CNc2ccccc2CC(F)(F)F)CCC1. The summed E-state index contributed by atoms with van der Waals surface area (Å²) in [5.74, 6) is 0.840. The molecule has 0 aromatic heterocycles. The summed E-state index contributed by atoms with van der Waals surface area (Å²) in [5.41, 5.74) is 1.88. The van der Waals surface area contributed by atoms with E-state index in [0.29, 0.717) is 12.2 Å². The maximum Gasteiger partial charge on any atom is 0.393 e. The first-order chi connectivity index (χ1) is 11.9. The van der Waals surface area contributed by atoms with E-state index in [1.807, 2.05) is 18.2 Å². The van der Waals surface area contributed by atoms with Gasteiger partial charge in [0.05, 0.1) is 13.5 Å². The van der Waals surface area contributed by atoms with Gasteiger partial charge in [-0.05, 0) is 30.5 Å². The predicted molar refractivity (Wildman–Crippen MR) is 93.2 cm³/mol. The zero-order chi connectivity index (χ0) is 17.9. The van der Waals surface area contributed by atoms with Gasteiger partial charge in [0.25, 0.3) is 0 Å². The van der Waals surface area contributed by atoms with E-state index in [4.69, 9.17) is 4.74 Å². The minimum absolute atomic E-state index is 0.0854. The summed E-state index contributed by atoms with van der Waals surface area (Å²) in [7, 11) is 1.65. The molecular weight excluding hydrogens is 327 g/mol. The Balaban J connectivity index is 1.81. The van der Waals surface area contributed by atoms with Gasteiger partial charge in [-0.2, -0.15) is 13.2 Å². The highest BCUT2D eigenvalue weighted by atomic mass is 19.4. The molecule has 0 aliphatic heterocycles. The molecule has 0 heterocycles. The number of methoxy groups -OCH3 is 1. The molecule has 1 aliphatic rings. The fourth-order valence-corrected chi connectivity index (χ4v) is 3.55. The molecule has 1 aliphatic carbocycles. The summed E-state index contributed by atoms with van der Waals surface area (Å²) in [6.45, 7) is 0.599. The first-order valence-corrected chi connectivity index (χ1v) is 8.46. The molecule has 134 valence electrons. The number of nitrogens with one attached hydrogen (secondary N) is 1. The van der Waals surface area contributed by atoms with Crippen LogP contribution < -0.4 is 10.1 Å². The molecule has 0 bridgehead atoms. The van der Waals surface area contributed by atoms with Gasteiger partial charge in [-0.25, -0.2) is 0 Å². The molecule has 0 unspecified atom stereocenters. The second-order valence-corrected chi connectivity index (χ2v) is 6.64. The van der Waals surface area contributed by atoms with Gasteiger partial charge in [0.2, 0.25) is 0 Å². The van der Waals surface area contributed by atoms with Crippen LogP contribution in [0.25, 0.3) is 0 Å². The van der Waals surface area contributed by atoms with Crippen LogP contribution in [-0.2, 0) is 11.8 Å². The van der Waals surface area contributed by atoms with Crippen molar-refractivity contribution in [2.75, 3.05) is 19.0 Å². The van der Waals surface area contributed by atoms with Crippen molar-refractivity contribution in [2.24, 2.45) is 0 Å². The number of anilines is 1. The Labute approximate surface area is 146 Å². The number of alkyl halides is 3. The quantitative estimate of drug-likeness (QED) is 0.761. The Morgan fingerprint density at radius 2 is 1.72 bits per heavy atom. The molecule has 0 radical (unpaired) electrons.